The Morgan fingerprint density at radius 1 is 1.00 bits per heavy atom. The third kappa shape index (κ3) is 4.77. The van der Waals surface area contributed by atoms with Crippen molar-refractivity contribution in [3.63, 3.8) is 0 Å². The van der Waals surface area contributed by atoms with Crippen LogP contribution in [0.5, 0.6) is 0 Å². The first-order chi connectivity index (χ1) is 16.9. The van der Waals surface area contributed by atoms with Gasteiger partial charge in [-0.2, -0.15) is 0 Å². The predicted molar refractivity (Wildman–Crippen MR) is 131 cm³/mol. The summed E-state index contributed by atoms with van der Waals surface area (Å²) in [6, 6.07) is 16.5. The summed E-state index contributed by atoms with van der Waals surface area (Å²) in [7, 11) is 0. The molecular weight excluding hydrogens is 444 g/mol. The highest BCUT2D eigenvalue weighted by Gasteiger charge is 2.38. The van der Waals surface area contributed by atoms with E-state index in [-0.39, 0.29) is 36.3 Å². The minimum Gasteiger partial charge on any atom is -0.481 e. The van der Waals surface area contributed by atoms with Gasteiger partial charge in [0, 0.05) is 31.5 Å². The second kappa shape index (κ2) is 9.72. The molecule has 2 fully saturated rings. The van der Waals surface area contributed by atoms with E-state index in [4.69, 9.17) is 4.74 Å². The van der Waals surface area contributed by atoms with Gasteiger partial charge in [0.05, 0.1) is 5.92 Å². The summed E-state index contributed by atoms with van der Waals surface area (Å²) in [5, 5.41) is 12.3. The fourth-order valence-electron chi connectivity index (χ4n) is 6.07. The number of benzene rings is 2. The van der Waals surface area contributed by atoms with Gasteiger partial charge in [0.25, 0.3) is 0 Å². The molecule has 2 aromatic rings. The van der Waals surface area contributed by atoms with Crippen LogP contribution in [0.15, 0.2) is 48.5 Å². The summed E-state index contributed by atoms with van der Waals surface area (Å²) in [6.07, 6.45) is 2.41. The van der Waals surface area contributed by atoms with Crippen molar-refractivity contribution in [1.29, 1.82) is 0 Å². The van der Waals surface area contributed by atoms with Crippen molar-refractivity contribution in [1.82, 2.24) is 10.2 Å². The quantitative estimate of drug-likeness (QED) is 0.649. The van der Waals surface area contributed by atoms with Gasteiger partial charge in [0.15, 0.2) is 0 Å². The Morgan fingerprint density at radius 2 is 1.66 bits per heavy atom. The molecule has 35 heavy (non-hydrogen) atoms. The molecule has 2 amide bonds. The van der Waals surface area contributed by atoms with E-state index in [2.05, 4.69) is 29.6 Å². The van der Waals surface area contributed by atoms with E-state index in [0.717, 1.165) is 19.3 Å². The van der Waals surface area contributed by atoms with E-state index in [1.54, 1.807) is 4.90 Å². The zero-order chi connectivity index (χ0) is 24.5. The van der Waals surface area contributed by atoms with Crippen molar-refractivity contribution < 1.29 is 24.2 Å². The fourth-order valence-corrected chi connectivity index (χ4v) is 6.07. The molecular formula is C28H32N2O5. The van der Waals surface area contributed by atoms with Crippen molar-refractivity contribution >= 4 is 18.0 Å². The molecule has 3 aliphatic rings. The second-order valence-corrected chi connectivity index (χ2v) is 10.3. The lowest BCUT2D eigenvalue weighted by Gasteiger charge is -2.19. The van der Waals surface area contributed by atoms with Crippen LogP contribution in [0.25, 0.3) is 11.1 Å². The molecule has 7 nitrogen and oxygen atoms in total. The number of carboxylic acids is 1. The van der Waals surface area contributed by atoms with Crippen LogP contribution in [0, 0.1) is 17.8 Å². The number of carbonyl (C=O) groups excluding carboxylic acids is 2. The molecule has 0 radical (unpaired) electrons. The summed E-state index contributed by atoms with van der Waals surface area (Å²) in [4.78, 5) is 38.3. The number of carboxylic acid groups (broad SMARTS) is 1. The number of alkyl carbamates (subject to hydrolysis) is 1. The molecule has 1 heterocycles. The summed E-state index contributed by atoms with van der Waals surface area (Å²) in [5.74, 6) is -1.10. The van der Waals surface area contributed by atoms with E-state index in [1.807, 2.05) is 31.2 Å². The first-order valence-corrected chi connectivity index (χ1v) is 12.5. The highest BCUT2D eigenvalue weighted by atomic mass is 16.5. The molecule has 2 aliphatic carbocycles. The Bertz CT molecular complexity index is 1090. The number of nitrogens with zero attached hydrogens (tertiary/aromatic N) is 1. The molecule has 7 heteroatoms. The molecule has 2 N–H and O–H groups in total. The monoisotopic (exact) mass is 476 g/mol. The maximum Gasteiger partial charge on any atom is 0.407 e. The number of carbonyl (C=O) groups is 3. The molecule has 184 valence electrons. The average Bonchev–Trinajstić information content (AvgIpc) is 3.53. The van der Waals surface area contributed by atoms with Gasteiger partial charge >= 0.3 is 12.1 Å². The topological polar surface area (TPSA) is 95.9 Å². The van der Waals surface area contributed by atoms with Gasteiger partial charge in [-0.3, -0.25) is 9.59 Å². The van der Waals surface area contributed by atoms with Gasteiger partial charge in [-0.15, -0.1) is 0 Å². The third-order valence-electron chi connectivity index (χ3n) is 7.95. The van der Waals surface area contributed by atoms with Crippen LogP contribution >= 0.6 is 0 Å². The standard InChI is InChI=1S/C28H32N2O5/c1-17-14-30(15-24(17)27(32)33)26(31)13-18-10-11-19(12-18)29-28(34)35-16-25-22-8-4-2-6-20(22)21-7-3-5-9-23(21)25/h2-9,17-19,24-25H,10-16H2,1H3,(H,29,34)(H,32,33)/t17-,18-,19+,24-/m1/s1. The number of hydrogen-bond donors (Lipinski definition) is 2. The van der Waals surface area contributed by atoms with Crippen LogP contribution in [-0.4, -0.2) is 53.7 Å². The molecule has 5 rings (SSSR count). The summed E-state index contributed by atoms with van der Waals surface area (Å²) >= 11 is 0. The average molecular weight is 477 g/mol. The molecule has 4 atom stereocenters. The molecule has 1 saturated carbocycles. The van der Waals surface area contributed by atoms with E-state index < -0.39 is 18.0 Å². The second-order valence-electron chi connectivity index (χ2n) is 10.3. The van der Waals surface area contributed by atoms with Crippen molar-refractivity contribution in [2.45, 2.75) is 44.6 Å². The molecule has 0 unspecified atom stereocenters. The number of ether oxygens (including phenoxy) is 1. The normalized spacial score (nSPS) is 25.2. The number of amides is 2. The molecule has 2 aromatic carbocycles. The first-order valence-electron chi connectivity index (χ1n) is 12.5. The van der Waals surface area contributed by atoms with E-state index in [1.165, 1.54) is 22.3 Å². The van der Waals surface area contributed by atoms with Crippen molar-refractivity contribution in [3.8, 4) is 11.1 Å². The Balaban J connectivity index is 1.10. The van der Waals surface area contributed by atoms with Crippen LogP contribution < -0.4 is 5.32 Å². The Kier molecular flexibility index (Phi) is 6.50. The number of hydrogen-bond acceptors (Lipinski definition) is 4. The molecule has 1 aliphatic heterocycles. The predicted octanol–water partition coefficient (Wildman–Crippen LogP) is 4.26. The first kappa shape index (κ1) is 23.4. The van der Waals surface area contributed by atoms with Crippen LogP contribution in [-0.2, 0) is 14.3 Å². The minimum atomic E-state index is -0.832. The highest BCUT2D eigenvalue weighted by molar-refractivity contribution is 5.80. The lowest BCUT2D eigenvalue weighted by atomic mass is 9.98. The van der Waals surface area contributed by atoms with Crippen LogP contribution in [0.4, 0.5) is 4.79 Å². The zero-order valence-corrected chi connectivity index (χ0v) is 20.0. The zero-order valence-electron chi connectivity index (χ0n) is 20.0. The Hall–Kier alpha value is -3.35. The largest absolute Gasteiger partial charge is 0.481 e. The van der Waals surface area contributed by atoms with Gasteiger partial charge in [0.1, 0.15) is 6.61 Å². The number of rotatable bonds is 6. The maximum atomic E-state index is 12.7. The smallest absolute Gasteiger partial charge is 0.407 e. The van der Waals surface area contributed by atoms with Gasteiger partial charge in [-0.05, 0) is 53.4 Å². The number of nitrogens with one attached hydrogen (secondary N) is 1. The van der Waals surface area contributed by atoms with Crippen molar-refractivity contribution in [3.05, 3.63) is 59.7 Å². The number of aliphatic carboxylic acids is 1. The van der Waals surface area contributed by atoms with Crippen LogP contribution in [0.2, 0.25) is 0 Å². The molecule has 0 spiro atoms. The summed E-state index contributed by atoms with van der Waals surface area (Å²) < 4.78 is 5.66. The van der Waals surface area contributed by atoms with Gasteiger partial charge < -0.3 is 20.1 Å². The van der Waals surface area contributed by atoms with E-state index in [9.17, 15) is 19.5 Å². The minimum absolute atomic E-state index is 0.00674. The van der Waals surface area contributed by atoms with Crippen molar-refractivity contribution in [2.24, 2.45) is 17.8 Å². The fraction of sp³-hybridized carbons (Fsp3) is 0.464. The summed E-state index contributed by atoms with van der Waals surface area (Å²) in [5.41, 5.74) is 4.76. The molecule has 0 bridgehead atoms. The van der Waals surface area contributed by atoms with E-state index >= 15 is 0 Å². The van der Waals surface area contributed by atoms with Crippen LogP contribution in [0.1, 0.15) is 49.7 Å². The third-order valence-corrected chi connectivity index (χ3v) is 7.95. The molecule has 0 aromatic heterocycles. The molecule has 1 saturated heterocycles. The summed E-state index contributed by atoms with van der Waals surface area (Å²) in [6.45, 7) is 2.97. The lowest BCUT2D eigenvalue weighted by Crippen LogP contribution is -2.35. The van der Waals surface area contributed by atoms with Gasteiger partial charge in [0.2, 0.25) is 5.91 Å². The van der Waals surface area contributed by atoms with Gasteiger partial charge in [-0.25, -0.2) is 4.79 Å². The lowest BCUT2D eigenvalue weighted by molar-refractivity contribution is -0.142. The Labute approximate surface area is 205 Å². The van der Waals surface area contributed by atoms with Crippen LogP contribution in [0.3, 0.4) is 0 Å². The maximum absolute atomic E-state index is 12.7. The Morgan fingerprint density at radius 3 is 2.29 bits per heavy atom. The SMILES string of the molecule is C[C@@H]1CN(C(=O)C[C@@H]2CC[C@H](NC(=O)OCC3c4ccccc4-c4ccccc43)C2)C[C@H]1C(=O)O. The van der Waals surface area contributed by atoms with Crippen molar-refractivity contribution in [2.75, 3.05) is 19.7 Å². The van der Waals surface area contributed by atoms with Gasteiger partial charge in [-0.1, -0.05) is 55.5 Å². The number of fused-ring (bicyclic) bond motifs is 3. The van der Waals surface area contributed by atoms with E-state index in [0.29, 0.717) is 19.5 Å². The highest BCUT2D eigenvalue weighted by Crippen LogP contribution is 2.44. The number of likely N-dealkylation sites (tertiary alicyclic amines) is 1.